The monoisotopic (exact) mass is 335 g/mol. The summed E-state index contributed by atoms with van der Waals surface area (Å²) >= 11 is 1.35. The molecule has 0 aliphatic heterocycles. The van der Waals surface area contributed by atoms with E-state index < -0.39 is 5.54 Å². The van der Waals surface area contributed by atoms with E-state index in [9.17, 15) is 9.59 Å². The molecule has 0 saturated heterocycles. The maximum Gasteiger partial charge on any atom is 0.307 e. The highest BCUT2D eigenvalue weighted by molar-refractivity contribution is 7.09. The number of esters is 1. The molecule has 3 N–H and O–H groups in total. The van der Waals surface area contributed by atoms with Crippen LogP contribution in [-0.4, -0.2) is 29.5 Å². The molecule has 0 bridgehead atoms. The number of hydrogen-bond acceptors (Lipinski definition) is 6. The highest BCUT2D eigenvalue weighted by atomic mass is 35.5. The fourth-order valence-electron chi connectivity index (χ4n) is 1.88. The van der Waals surface area contributed by atoms with Gasteiger partial charge < -0.3 is 15.8 Å². The highest BCUT2D eigenvalue weighted by Crippen LogP contribution is 2.21. The SMILES string of the molecule is CCC(CC)(CC(=O)OC)NC(=O)c1csc(CN)n1.Cl. The molecule has 0 aliphatic rings. The fourth-order valence-corrected chi connectivity index (χ4v) is 2.54. The number of rotatable bonds is 7. The van der Waals surface area contributed by atoms with Crippen molar-refractivity contribution >= 4 is 35.6 Å². The van der Waals surface area contributed by atoms with Crippen molar-refractivity contribution in [2.75, 3.05) is 7.11 Å². The first-order valence-corrected chi connectivity index (χ1v) is 7.42. The molecular formula is C13H22ClN3O3S. The summed E-state index contributed by atoms with van der Waals surface area (Å²) in [6, 6.07) is 0. The molecule has 0 spiro atoms. The van der Waals surface area contributed by atoms with Crippen LogP contribution in [0.5, 0.6) is 0 Å². The molecule has 0 aliphatic carbocycles. The van der Waals surface area contributed by atoms with Crippen LogP contribution in [0.2, 0.25) is 0 Å². The second kappa shape index (κ2) is 8.96. The van der Waals surface area contributed by atoms with Crippen LogP contribution in [0.15, 0.2) is 5.38 Å². The lowest BCUT2D eigenvalue weighted by Gasteiger charge is -2.31. The largest absolute Gasteiger partial charge is 0.469 e. The standard InChI is InChI=1S/C13H21N3O3S.ClH/c1-4-13(5-2,6-11(17)19-3)16-12(18)9-8-20-10(7-14)15-9;/h8H,4-7,14H2,1-3H3,(H,16,18);1H. The Morgan fingerprint density at radius 2 is 2.05 bits per heavy atom. The maximum atomic E-state index is 12.2. The normalized spacial score (nSPS) is 10.7. The topological polar surface area (TPSA) is 94.3 Å². The van der Waals surface area contributed by atoms with Crippen molar-refractivity contribution in [1.29, 1.82) is 0 Å². The van der Waals surface area contributed by atoms with E-state index in [-0.39, 0.29) is 30.7 Å². The van der Waals surface area contributed by atoms with Crippen molar-refractivity contribution in [1.82, 2.24) is 10.3 Å². The lowest BCUT2D eigenvalue weighted by Crippen LogP contribution is -2.49. The second-order valence-corrected chi connectivity index (χ2v) is 5.47. The predicted molar refractivity (Wildman–Crippen MR) is 84.7 cm³/mol. The van der Waals surface area contributed by atoms with E-state index in [0.29, 0.717) is 30.1 Å². The van der Waals surface area contributed by atoms with E-state index in [0.717, 1.165) is 0 Å². The molecule has 0 fully saturated rings. The minimum absolute atomic E-state index is 0. The lowest BCUT2D eigenvalue weighted by atomic mass is 9.89. The third-order valence-electron chi connectivity index (χ3n) is 3.40. The highest BCUT2D eigenvalue weighted by Gasteiger charge is 2.32. The van der Waals surface area contributed by atoms with E-state index in [1.54, 1.807) is 5.38 Å². The third-order valence-corrected chi connectivity index (χ3v) is 4.27. The van der Waals surface area contributed by atoms with Gasteiger partial charge in [-0.25, -0.2) is 4.98 Å². The summed E-state index contributed by atoms with van der Waals surface area (Å²) in [5.41, 5.74) is 5.22. The number of carbonyl (C=O) groups excluding carboxylic acids is 2. The summed E-state index contributed by atoms with van der Waals surface area (Å²) in [4.78, 5) is 27.9. The summed E-state index contributed by atoms with van der Waals surface area (Å²) in [6.07, 6.45) is 1.42. The van der Waals surface area contributed by atoms with Crippen LogP contribution in [0.1, 0.15) is 48.6 Å². The zero-order chi connectivity index (χ0) is 15.2. The van der Waals surface area contributed by atoms with Crippen LogP contribution in [0, 0.1) is 0 Å². The second-order valence-electron chi connectivity index (χ2n) is 4.53. The van der Waals surface area contributed by atoms with Crippen LogP contribution in [-0.2, 0) is 16.1 Å². The number of halogens is 1. The Labute approximate surface area is 134 Å². The molecule has 0 aromatic carbocycles. The van der Waals surface area contributed by atoms with Crippen LogP contribution in [0.3, 0.4) is 0 Å². The molecule has 0 saturated carbocycles. The molecule has 0 unspecified atom stereocenters. The van der Waals surface area contributed by atoms with Gasteiger partial charge in [0.05, 0.1) is 19.1 Å². The van der Waals surface area contributed by atoms with Gasteiger partial charge in [-0.15, -0.1) is 23.7 Å². The van der Waals surface area contributed by atoms with Gasteiger partial charge in [0.1, 0.15) is 10.7 Å². The van der Waals surface area contributed by atoms with E-state index in [2.05, 4.69) is 10.3 Å². The number of carbonyl (C=O) groups is 2. The lowest BCUT2D eigenvalue weighted by molar-refractivity contribution is -0.142. The smallest absolute Gasteiger partial charge is 0.307 e. The number of amides is 1. The average Bonchev–Trinajstić information content (AvgIpc) is 2.95. The van der Waals surface area contributed by atoms with Crippen molar-refractivity contribution in [3.05, 3.63) is 16.1 Å². The Bertz CT molecular complexity index is 475. The Hall–Kier alpha value is -1.18. The molecule has 1 amide bonds. The molecule has 1 rings (SSSR count). The molecule has 6 nitrogen and oxygen atoms in total. The van der Waals surface area contributed by atoms with Crippen molar-refractivity contribution in [3.8, 4) is 0 Å². The minimum atomic E-state index is -0.601. The number of hydrogen-bond donors (Lipinski definition) is 2. The number of nitrogens with zero attached hydrogens (tertiary/aromatic N) is 1. The predicted octanol–water partition coefficient (Wildman–Crippen LogP) is 1.88. The Kier molecular flexibility index (Phi) is 8.46. The van der Waals surface area contributed by atoms with Crippen molar-refractivity contribution in [2.24, 2.45) is 5.73 Å². The van der Waals surface area contributed by atoms with Gasteiger partial charge in [-0.3, -0.25) is 9.59 Å². The molecule has 1 aromatic heterocycles. The first-order valence-electron chi connectivity index (χ1n) is 6.54. The molecular weight excluding hydrogens is 314 g/mol. The van der Waals surface area contributed by atoms with Gasteiger partial charge in [-0.1, -0.05) is 13.8 Å². The number of nitrogens with two attached hydrogens (primary N) is 1. The third kappa shape index (κ3) is 5.26. The Morgan fingerprint density at radius 1 is 1.43 bits per heavy atom. The molecule has 120 valence electrons. The number of thiazole rings is 1. The van der Waals surface area contributed by atoms with Gasteiger partial charge in [0, 0.05) is 11.9 Å². The van der Waals surface area contributed by atoms with E-state index in [1.807, 2.05) is 13.8 Å². The first-order chi connectivity index (χ1) is 9.50. The van der Waals surface area contributed by atoms with Gasteiger partial charge in [0.25, 0.3) is 5.91 Å². The Morgan fingerprint density at radius 3 is 2.48 bits per heavy atom. The van der Waals surface area contributed by atoms with Crippen molar-refractivity contribution < 1.29 is 14.3 Å². The maximum absolute atomic E-state index is 12.2. The zero-order valence-corrected chi connectivity index (χ0v) is 14.1. The molecule has 0 atom stereocenters. The van der Waals surface area contributed by atoms with Crippen LogP contribution in [0.4, 0.5) is 0 Å². The van der Waals surface area contributed by atoms with E-state index in [4.69, 9.17) is 10.5 Å². The van der Waals surface area contributed by atoms with Crippen molar-refractivity contribution in [3.63, 3.8) is 0 Å². The van der Waals surface area contributed by atoms with E-state index in [1.165, 1.54) is 18.4 Å². The number of ether oxygens (including phenoxy) is 1. The zero-order valence-electron chi connectivity index (χ0n) is 12.5. The molecule has 21 heavy (non-hydrogen) atoms. The molecule has 1 heterocycles. The summed E-state index contributed by atoms with van der Waals surface area (Å²) in [5.74, 6) is -0.622. The quantitative estimate of drug-likeness (QED) is 0.742. The molecule has 1 aromatic rings. The van der Waals surface area contributed by atoms with Gasteiger partial charge in [0.15, 0.2) is 0 Å². The molecule has 0 radical (unpaired) electrons. The average molecular weight is 336 g/mol. The van der Waals surface area contributed by atoms with E-state index >= 15 is 0 Å². The number of nitrogens with one attached hydrogen (secondary N) is 1. The summed E-state index contributed by atoms with van der Waals surface area (Å²) in [6.45, 7) is 4.17. The van der Waals surface area contributed by atoms with Gasteiger partial charge in [0.2, 0.25) is 0 Å². The minimum Gasteiger partial charge on any atom is -0.469 e. The number of aromatic nitrogens is 1. The Balaban J connectivity index is 0.00000400. The summed E-state index contributed by atoms with van der Waals surface area (Å²) in [7, 11) is 1.34. The summed E-state index contributed by atoms with van der Waals surface area (Å²) < 4.78 is 4.70. The van der Waals surface area contributed by atoms with Crippen LogP contribution < -0.4 is 11.1 Å². The van der Waals surface area contributed by atoms with Crippen LogP contribution in [0.25, 0.3) is 0 Å². The molecule has 8 heteroatoms. The van der Waals surface area contributed by atoms with Crippen LogP contribution >= 0.6 is 23.7 Å². The fraction of sp³-hybridized carbons (Fsp3) is 0.615. The summed E-state index contributed by atoms with van der Waals surface area (Å²) in [5, 5.41) is 5.29. The van der Waals surface area contributed by atoms with Crippen molar-refractivity contribution in [2.45, 2.75) is 45.2 Å². The van der Waals surface area contributed by atoms with Gasteiger partial charge in [-0.05, 0) is 12.8 Å². The van der Waals surface area contributed by atoms with Gasteiger partial charge in [-0.2, -0.15) is 0 Å². The van der Waals surface area contributed by atoms with Gasteiger partial charge >= 0.3 is 5.97 Å². The first kappa shape index (κ1) is 19.8. The number of methoxy groups -OCH3 is 1.